The normalized spacial score (nSPS) is 21.0. The maximum atomic E-state index is 15.6. The fourth-order valence-electron chi connectivity index (χ4n) is 4.38. The van der Waals surface area contributed by atoms with Crippen molar-refractivity contribution >= 4 is 16.7 Å². The molecule has 0 saturated carbocycles. The molecule has 150 valence electrons. The van der Waals surface area contributed by atoms with Gasteiger partial charge >= 0.3 is 6.01 Å². The summed E-state index contributed by atoms with van der Waals surface area (Å²) in [4.78, 5) is 15.4. The number of piperazine rings is 1. The molecule has 8 heteroatoms. The number of ether oxygens (including phenoxy) is 1. The van der Waals surface area contributed by atoms with Gasteiger partial charge in [-0.1, -0.05) is 6.07 Å². The van der Waals surface area contributed by atoms with E-state index in [0.717, 1.165) is 31.5 Å². The Bertz CT molecular complexity index is 1090. The van der Waals surface area contributed by atoms with E-state index in [1.54, 1.807) is 18.3 Å². The summed E-state index contributed by atoms with van der Waals surface area (Å²) in [6, 6.07) is 5.77. The minimum absolute atomic E-state index is 0.0594. The van der Waals surface area contributed by atoms with Crippen molar-refractivity contribution in [2.45, 2.75) is 31.8 Å². The first-order valence-corrected chi connectivity index (χ1v) is 9.74. The Morgan fingerprint density at radius 2 is 1.97 bits per heavy atom. The molecule has 0 aliphatic carbocycles. The maximum Gasteiger partial charge on any atom is 0.318 e. The molecular formula is C21H22FN5O2. The van der Waals surface area contributed by atoms with Crippen molar-refractivity contribution in [3.05, 3.63) is 35.8 Å². The van der Waals surface area contributed by atoms with Gasteiger partial charge in [-0.2, -0.15) is 9.97 Å². The van der Waals surface area contributed by atoms with Gasteiger partial charge in [-0.15, -0.1) is 0 Å². The van der Waals surface area contributed by atoms with Gasteiger partial charge in [0.15, 0.2) is 5.82 Å². The van der Waals surface area contributed by atoms with Crippen molar-refractivity contribution in [1.82, 2.24) is 20.3 Å². The third-order valence-electron chi connectivity index (χ3n) is 5.82. The van der Waals surface area contributed by atoms with Crippen LogP contribution in [0.2, 0.25) is 0 Å². The van der Waals surface area contributed by atoms with Gasteiger partial charge in [0.25, 0.3) is 0 Å². The molecule has 7 nitrogen and oxygen atoms in total. The molecule has 5 rings (SSSR count). The van der Waals surface area contributed by atoms with E-state index >= 15 is 4.39 Å². The molecule has 0 spiro atoms. The highest BCUT2D eigenvalue weighted by Gasteiger charge is 2.34. The second-order valence-corrected chi connectivity index (χ2v) is 7.76. The van der Waals surface area contributed by atoms with Crippen LogP contribution in [0.4, 0.5) is 10.2 Å². The molecule has 2 fully saturated rings. The summed E-state index contributed by atoms with van der Waals surface area (Å²) in [5, 5.41) is 14.0. The first kappa shape index (κ1) is 18.1. The van der Waals surface area contributed by atoms with Crippen molar-refractivity contribution in [1.29, 1.82) is 0 Å². The van der Waals surface area contributed by atoms with Gasteiger partial charge in [0.05, 0.1) is 12.5 Å². The zero-order valence-corrected chi connectivity index (χ0v) is 16.3. The van der Waals surface area contributed by atoms with Gasteiger partial charge in [-0.05, 0) is 37.5 Å². The average molecular weight is 395 g/mol. The number of aromatic nitrogens is 3. The first-order chi connectivity index (χ1) is 14.0. The highest BCUT2D eigenvalue weighted by atomic mass is 19.1. The standard InChI is InChI=1S/C21H22FN5O2/c1-11-3-6-14(28)7-15(11)18-17(22)19-16(8-23-18)20(26-21(25-19)29-2)27-9-12-4-5-13(10-27)24-12/h3,6-8,12-13,24,28H,4-5,9-10H2,1-2H3. The van der Waals surface area contributed by atoms with E-state index in [0.29, 0.717) is 28.9 Å². The second kappa shape index (κ2) is 6.81. The van der Waals surface area contributed by atoms with Crippen LogP contribution in [0.25, 0.3) is 22.2 Å². The third kappa shape index (κ3) is 3.04. The fourth-order valence-corrected chi connectivity index (χ4v) is 4.38. The number of pyridine rings is 1. The molecule has 0 amide bonds. The van der Waals surface area contributed by atoms with E-state index in [1.165, 1.54) is 13.2 Å². The van der Waals surface area contributed by atoms with Crippen molar-refractivity contribution < 1.29 is 14.2 Å². The number of anilines is 1. The highest BCUT2D eigenvalue weighted by Crippen LogP contribution is 2.35. The van der Waals surface area contributed by atoms with Crippen molar-refractivity contribution in [3.63, 3.8) is 0 Å². The number of aromatic hydroxyl groups is 1. The predicted octanol–water partition coefficient (Wildman–Crippen LogP) is 2.79. The predicted molar refractivity (Wildman–Crippen MR) is 108 cm³/mol. The summed E-state index contributed by atoms with van der Waals surface area (Å²) in [6.07, 6.45) is 3.89. The van der Waals surface area contributed by atoms with Gasteiger partial charge in [0.1, 0.15) is 22.8 Å². The molecule has 2 bridgehead atoms. The van der Waals surface area contributed by atoms with Gasteiger partial charge in [0.2, 0.25) is 0 Å². The SMILES string of the molecule is COc1nc(N2CC3CCC(C2)N3)c2cnc(-c3cc(O)ccc3C)c(F)c2n1. The molecule has 2 aromatic heterocycles. The molecule has 2 atom stereocenters. The van der Waals surface area contributed by atoms with Crippen molar-refractivity contribution in [3.8, 4) is 23.0 Å². The summed E-state index contributed by atoms with van der Waals surface area (Å²) in [7, 11) is 1.48. The van der Waals surface area contributed by atoms with Crippen LogP contribution in [0, 0.1) is 12.7 Å². The van der Waals surface area contributed by atoms with Crippen LogP contribution in [-0.2, 0) is 0 Å². The van der Waals surface area contributed by atoms with Crippen molar-refractivity contribution in [2.75, 3.05) is 25.1 Å². The monoisotopic (exact) mass is 395 g/mol. The van der Waals surface area contributed by atoms with E-state index in [2.05, 4.69) is 25.2 Å². The lowest BCUT2D eigenvalue weighted by Gasteiger charge is -2.34. The number of hydrogen-bond donors (Lipinski definition) is 2. The Morgan fingerprint density at radius 3 is 2.69 bits per heavy atom. The molecule has 4 heterocycles. The Labute approximate surface area is 167 Å². The van der Waals surface area contributed by atoms with E-state index in [4.69, 9.17) is 4.74 Å². The van der Waals surface area contributed by atoms with Crippen LogP contribution in [-0.4, -0.2) is 52.3 Å². The number of phenolic OH excluding ortho intramolecular Hbond substituents is 1. The fraction of sp³-hybridized carbons (Fsp3) is 0.381. The molecule has 2 aliphatic rings. The molecule has 2 N–H and O–H groups in total. The number of rotatable bonds is 3. The average Bonchev–Trinajstić information content (AvgIpc) is 3.07. The van der Waals surface area contributed by atoms with Crippen molar-refractivity contribution in [2.24, 2.45) is 0 Å². The number of nitrogens with one attached hydrogen (secondary N) is 1. The minimum atomic E-state index is -0.545. The van der Waals surface area contributed by atoms with Crippen LogP contribution in [0.15, 0.2) is 24.4 Å². The number of hydrogen-bond acceptors (Lipinski definition) is 7. The van der Waals surface area contributed by atoms with E-state index in [-0.39, 0.29) is 23.0 Å². The number of aryl methyl sites for hydroxylation is 1. The van der Waals surface area contributed by atoms with Gasteiger partial charge in [-0.25, -0.2) is 4.39 Å². The third-order valence-corrected chi connectivity index (χ3v) is 5.82. The molecule has 2 aliphatic heterocycles. The van der Waals surface area contributed by atoms with Crippen LogP contribution in [0.3, 0.4) is 0 Å². The Morgan fingerprint density at radius 1 is 1.21 bits per heavy atom. The van der Waals surface area contributed by atoms with Crippen LogP contribution in [0.1, 0.15) is 18.4 Å². The lowest BCUT2D eigenvalue weighted by molar-refractivity contribution is 0.380. The maximum absolute atomic E-state index is 15.6. The number of halogens is 1. The topological polar surface area (TPSA) is 83.4 Å². The number of methoxy groups -OCH3 is 1. The number of nitrogens with zero attached hydrogens (tertiary/aromatic N) is 4. The lowest BCUT2D eigenvalue weighted by atomic mass is 10.0. The number of fused-ring (bicyclic) bond motifs is 3. The van der Waals surface area contributed by atoms with Crippen LogP contribution >= 0.6 is 0 Å². The summed E-state index contributed by atoms with van der Waals surface area (Å²) in [6.45, 7) is 3.46. The molecule has 2 saturated heterocycles. The van der Waals surface area contributed by atoms with E-state index < -0.39 is 5.82 Å². The highest BCUT2D eigenvalue weighted by molar-refractivity contribution is 5.92. The number of benzene rings is 1. The van der Waals surface area contributed by atoms with E-state index in [9.17, 15) is 5.11 Å². The smallest absolute Gasteiger partial charge is 0.318 e. The van der Waals surface area contributed by atoms with E-state index in [1.807, 2.05) is 6.92 Å². The zero-order chi connectivity index (χ0) is 20.1. The van der Waals surface area contributed by atoms with Gasteiger partial charge < -0.3 is 20.1 Å². The van der Waals surface area contributed by atoms with Crippen LogP contribution in [0.5, 0.6) is 11.8 Å². The quantitative estimate of drug-likeness (QED) is 0.706. The molecular weight excluding hydrogens is 373 g/mol. The Kier molecular flexibility index (Phi) is 4.24. The summed E-state index contributed by atoms with van der Waals surface area (Å²) in [5.41, 5.74) is 1.67. The zero-order valence-electron chi connectivity index (χ0n) is 16.3. The molecule has 2 unspecified atom stereocenters. The summed E-state index contributed by atoms with van der Waals surface area (Å²) in [5.74, 6) is 0.163. The second-order valence-electron chi connectivity index (χ2n) is 7.76. The summed E-state index contributed by atoms with van der Waals surface area (Å²) >= 11 is 0. The minimum Gasteiger partial charge on any atom is -0.508 e. The number of phenols is 1. The largest absolute Gasteiger partial charge is 0.508 e. The van der Waals surface area contributed by atoms with Gasteiger partial charge in [0, 0.05) is 36.9 Å². The summed E-state index contributed by atoms with van der Waals surface area (Å²) < 4.78 is 20.8. The van der Waals surface area contributed by atoms with Gasteiger partial charge in [-0.3, -0.25) is 4.98 Å². The lowest BCUT2D eigenvalue weighted by Crippen LogP contribution is -2.51. The Balaban J connectivity index is 1.68. The Hall–Kier alpha value is -3.00. The first-order valence-electron chi connectivity index (χ1n) is 9.74. The molecule has 29 heavy (non-hydrogen) atoms. The molecule has 1 aromatic carbocycles. The molecule has 3 aromatic rings. The molecule has 0 radical (unpaired) electrons. The van der Waals surface area contributed by atoms with Crippen LogP contribution < -0.4 is 15.0 Å².